The monoisotopic (exact) mass is 154 g/mol. The highest BCUT2D eigenvalue weighted by molar-refractivity contribution is 6.31. The van der Waals surface area contributed by atoms with Crippen LogP contribution < -0.4 is 5.32 Å². The van der Waals surface area contributed by atoms with Crippen molar-refractivity contribution in [3.8, 4) is 0 Å². The van der Waals surface area contributed by atoms with E-state index in [0.717, 1.165) is 17.4 Å². The molecule has 2 nitrogen and oxygen atoms in total. The minimum Gasteiger partial charge on any atom is -0.372 e. The molecule has 0 unspecified atom stereocenters. The molecule has 3 heteroatoms. The summed E-state index contributed by atoms with van der Waals surface area (Å²) in [5, 5.41) is 3.88. The van der Waals surface area contributed by atoms with Crippen LogP contribution in [0.15, 0.2) is 35.3 Å². The van der Waals surface area contributed by atoms with Crippen molar-refractivity contribution >= 4 is 11.6 Å². The second kappa shape index (κ2) is 2.06. The first-order valence-corrected chi connectivity index (χ1v) is 3.50. The topological polar surface area (TPSA) is 15.3 Å². The lowest BCUT2D eigenvalue weighted by molar-refractivity contribution is 0.497. The van der Waals surface area contributed by atoms with Gasteiger partial charge in [-0.2, -0.15) is 0 Å². The van der Waals surface area contributed by atoms with Crippen LogP contribution in [0.25, 0.3) is 0 Å². The van der Waals surface area contributed by atoms with Gasteiger partial charge < -0.3 is 10.2 Å². The van der Waals surface area contributed by atoms with Gasteiger partial charge in [-0.1, -0.05) is 11.6 Å². The Balaban J connectivity index is 2.34. The zero-order chi connectivity index (χ0) is 6.97. The Bertz CT molecular complexity index is 240. The lowest BCUT2D eigenvalue weighted by atomic mass is 10.3. The summed E-state index contributed by atoms with van der Waals surface area (Å²) >= 11 is 5.76. The molecule has 0 atom stereocenters. The smallest absolute Gasteiger partial charge is 0.0916 e. The number of hydrogen-bond acceptors (Lipinski definition) is 2. The number of hydrogen-bond donors (Lipinski definition) is 1. The van der Waals surface area contributed by atoms with Gasteiger partial charge in [-0.25, -0.2) is 0 Å². The van der Waals surface area contributed by atoms with Crippen LogP contribution in [-0.4, -0.2) is 11.6 Å². The molecule has 0 saturated carbocycles. The molecular weight excluding hydrogens is 148 g/mol. The van der Waals surface area contributed by atoms with E-state index in [2.05, 4.69) is 10.2 Å². The number of fused-ring (bicyclic) bond motifs is 1. The second-order valence-electron chi connectivity index (χ2n) is 2.25. The summed E-state index contributed by atoms with van der Waals surface area (Å²) in [6, 6.07) is 0. The quantitative estimate of drug-likeness (QED) is 0.567. The third-order valence-corrected chi connectivity index (χ3v) is 1.78. The van der Waals surface area contributed by atoms with Crippen molar-refractivity contribution in [1.29, 1.82) is 0 Å². The predicted molar refractivity (Wildman–Crippen MR) is 41.0 cm³/mol. The zero-order valence-corrected chi connectivity index (χ0v) is 6.10. The standard InChI is InChI=1S/C7H7ClN2/c8-6-1-2-10-5-9-4-7(10)3-6/h1-4,9H,5H2. The molecule has 0 amide bonds. The van der Waals surface area contributed by atoms with E-state index in [1.54, 1.807) is 0 Å². The third-order valence-electron chi connectivity index (χ3n) is 1.54. The van der Waals surface area contributed by atoms with Crippen molar-refractivity contribution in [1.82, 2.24) is 10.2 Å². The zero-order valence-electron chi connectivity index (χ0n) is 5.34. The van der Waals surface area contributed by atoms with Crippen molar-refractivity contribution in [2.45, 2.75) is 0 Å². The third kappa shape index (κ3) is 0.809. The number of nitrogens with one attached hydrogen (secondary N) is 1. The fraction of sp³-hybridized carbons (Fsp3) is 0.143. The van der Waals surface area contributed by atoms with E-state index in [9.17, 15) is 0 Å². The van der Waals surface area contributed by atoms with Gasteiger partial charge in [0.2, 0.25) is 0 Å². The Hall–Kier alpha value is -0.890. The van der Waals surface area contributed by atoms with E-state index in [1.165, 1.54) is 0 Å². The van der Waals surface area contributed by atoms with Crippen LogP contribution in [0.2, 0.25) is 0 Å². The van der Waals surface area contributed by atoms with Crippen LogP contribution in [0.3, 0.4) is 0 Å². The lowest BCUT2D eigenvalue weighted by Crippen LogP contribution is -2.18. The molecule has 2 rings (SSSR count). The molecule has 10 heavy (non-hydrogen) atoms. The molecule has 0 saturated heterocycles. The van der Waals surface area contributed by atoms with Crippen molar-refractivity contribution < 1.29 is 0 Å². The number of halogens is 1. The molecule has 0 aliphatic carbocycles. The summed E-state index contributed by atoms with van der Waals surface area (Å²) in [5.41, 5.74) is 1.13. The Morgan fingerprint density at radius 1 is 1.60 bits per heavy atom. The summed E-state index contributed by atoms with van der Waals surface area (Å²) < 4.78 is 0. The average Bonchev–Trinajstić information content (AvgIpc) is 2.33. The van der Waals surface area contributed by atoms with Gasteiger partial charge in [-0.05, 0) is 12.2 Å². The molecule has 0 aromatic heterocycles. The van der Waals surface area contributed by atoms with Crippen LogP contribution >= 0.6 is 11.6 Å². The van der Waals surface area contributed by atoms with Crippen molar-refractivity contribution in [3.05, 3.63) is 35.3 Å². The lowest BCUT2D eigenvalue weighted by Gasteiger charge is -2.16. The van der Waals surface area contributed by atoms with Gasteiger partial charge in [0, 0.05) is 17.4 Å². The van der Waals surface area contributed by atoms with E-state index in [0.29, 0.717) is 0 Å². The summed E-state index contributed by atoms with van der Waals surface area (Å²) in [5.74, 6) is 0. The minimum atomic E-state index is 0.784. The Morgan fingerprint density at radius 2 is 2.50 bits per heavy atom. The van der Waals surface area contributed by atoms with Gasteiger partial charge in [0.05, 0.1) is 12.4 Å². The molecule has 2 aliphatic rings. The Morgan fingerprint density at radius 3 is 3.40 bits per heavy atom. The Kier molecular flexibility index (Phi) is 1.21. The summed E-state index contributed by atoms with van der Waals surface area (Å²) in [6.07, 6.45) is 7.73. The average molecular weight is 155 g/mol. The second-order valence-corrected chi connectivity index (χ2v) is 2.68. The maximum absolute atomic E-state index is 5.76. The fourth-order valence-corrected chi connectivity index (χ4v) is 1.20. The van der Waals surface area contributed by atoms with Crippen LogP contribution in [0.5, 0.6) is 0 Å². The van der Waals surface area contributed by atoms with E-state index in [4.69, 9.17) is 11.6 Å². The van der Waals surface area contributed by atoms with Gasteiger partial charge in [0.15, 0.2) is 0 Å². The van der Waals surface area contributed by atoms with Crippen LogP contribution in [-0.2, 0) is 0 Å². The minimum absolute atomic E-state index is 0.784. The normalized spacial score (nSPS) is 21.5. The van der Waals surface area contributed by atoms with E-state index < -0.39 is 0 Å². The highest BCUT2D eigenvalue weighted by Crippen LogP contribution is 2.20. The molecule has 2 aliphatic heterocycles. The van der Waals surface area contributed by atoms with Gasteiger partial charge in [0.1, 0.15) is 0 Å². The maximum atomic E-state index is 5.76. The summed E-state index contributed by atoms with van der Waals surface area (Å²) in [6.45, 7) is 0.854. The molecule has 0 spiro atoms. The predicted octanol–water partition coefficient (Wildman–Crippen LogP) is 1.34. The van der Waals surface area contributed by atoms with Crippen LogP contribution in [0.1, 0.15) is 0 Å². The van der Waals surface area contributed by atoms with Gasteiger partial charge in [-0.15, -0.1) is 0 Å². The Labute approximate surface area is 64.5 Å². The highest BCUT2D eigenvalue weighted by atomic mass is 35.5. The first-order valence-electron chi connectivity index (χ1n) is 3.12. The van der Waals surface area contributed by atoms with E-state index in [1.807, 2.05) is 24.6 Å². The fourth-order valence-electron chi connectivity index (χ4n) is 1.04. The first-order chi connectivity index (χ1) is 4.86. The largest absolute Gasteiger partial charge is 0.372 e. The number of rotatable bonds is 0. The molecule has 0 aromatic rings. The molecule has 0 radical (unpaired) electrons. The van der Waals surface area contributed by atoms with Crippen molar-refractivity contribution in [2.75, 3.05) is 6.67 Å². The summed E-state index contributed by atoms with van der Waals surface area (Å²) in [7, 11) is 0. The molecule has 2 heterocycles. The van der Waals surface area contributed by atoms with Gasteiger partial charge in [-0.3, -0.25) is 0 Å². The van der Waals surface area contributed by atoms with Gasteiger partial charge in [0.25, 0.3) is 0 Å². The molecule has 0 bridgehead atoms. The number of allylic oxidation sites excluding steroid dienone is 3. The molecular formula is C7H7ClN2. The number of nitrogens with zero attached hydrogens (tertiary/aromatic N) is 1. The van der Waals surface area contributed by atoms with Gasteiger partial charge >= 0.3 is 0 Å². The highest BCUT2D eigenvalue weighted by Gasteiger charge is 2.12. The molecule has 0 fully saturated rings. The first kappa shape index (κ1) is 5.86. The molecule has 1 N–H and O–H groups in total. The van der Waals surface area contributed by atoms with Crippen molar-refractivity contribution in [2.24, 2.45) is 0 Å². The summed E-state index contributed by atoms with van der Waals surface area (Å²) in [4.78, 5) is 2.09. The maximum Gasteiger partial charge on any atom is 0.0916 e. The van der Waals surface area contributed by atoms with Crippen LogP contribution in [0.4, 0.5) is 0 Å². The SMILES string of the molecule is ClC1=CC2=CNCN2C=C1. The van der Waals surface area contributed by atoms with E-state index >= 15 is 0 Å². The molecule has 0 aromatic carbocycles. The van der Waals surface area contributed by atoms with E-state index in [-0.39, 0.29) is 0 Å². The molecule has 52 valence electrons. The van der Waals surface area contributed by atoms with Crippen molar-refractivity contribution in [3.63, 3.8) is 0 Å². The van der Waals surface area contributed by atoms with Crippen LogP contribution in [0, 0.1) is 0 Å².